The van der Waals surface area contributed by atoms with Crippen molar-refractivity contribution in [2.75, 3.05) is 17.7 Å². The van der Waals surface area contributed by atoms with Crippen LogP contribution >= 0.6 is 0 Å². The van der Waals surface area contributed by atoms with Gasteiger partial charge in [0.1, 0.15) is 17.8 Å². The number of nitrogens with zero attached hydrogens (tertiary/aromatic N) is 2. The summed E-state index contributed by atoms with van der Waals surface area (Å²) in [6, 6.07) is 16.8. The molecule has 28 heavy (non-hydrogen) atoms. The van der Waals surface area contributed by atoms with E-state index in [2.05, 4.69) is 30.9 Å². The van der Waals surface area contributed by atoms with Crippen molar-refractivity contribution in [1.82, 2.24) is 15.4 Å². The Labute approximate surface area is 160 Å². The molecule has 0 aliphatic heterocycles. The molecular weight excluding hydrogens is 362 g/mol. The van der Waals surface area contributed by atoms with Crippen molar-refractivity contribution in [2.24, 2.45) is 0 Å². The number of nitrogens with one attached hydrogen (secondary N) is 3. The van der Waals surface area contributed by atoms with E-state index in [1.54, 1.807) is 36.4 Å². The van der Waals surface area contributed by atoms with Crippen LogP contribution in [0.5, 0.6) is 11.6 Å². The number of aromatic nitrogens is 2. The molecule has 0 saturated heterocycles. The highest BCUT2D eigenvalue weighted by Crippen LogP contribution is 2.23. The lowest BCUT2D eigenvalue weighted by Crippen LogP contribution is -2.22. The largest absolute Gasteiger partial charge is 0.439 e. The highest BCUT2D eigenvalue weighted by atomic mass is 16.6. The Morgan fingerprint density at radius 1 is 0.893 bits per heavy atom. The average molecular weight is 379 g/mol. The normalized spacial score (nSPS) is 10.0. The Balaban J connectivity index is 1.66. The quantitative estimate of drug-likeness (QED) is 0.567. The van der Waals surface area contributed by atoms with E-state index < -0.39 is 5.91 Å². The molecule has 0 aliphatic rings. The Morgan fingerprint density at radius 3 is 2.43 bits per heavy atom. The molecule has 2 aromatic carbocycles. The van der Waals surface area contributed by atoms with Crippen molar-refractivity contribution in [3.05, 3.63) is 72.7 Å². The minimum absolute atomic E-state index is 0.0865. The number of rotatable bonds is 6. The Hall–Kier alpha value is -3.98. The minimum atomic E-state index is -0.525. The molecule has 9 heteroatoms. The first-order valence-corrected chi connectivity index (χ1v) is 8.20. The number of amides is 3. The molecule has 3 aromatic rings. The van der Waals surface area contributed by atoms with Crippen LogP contribution in [-0.2, 0) is 4.84 Å². The van der Waals surface area contributed by atoms with Gasteiger partial charge in [0.25, 0.3) is 5.91 Å². The monoisotopic (exact) mass is 379 g/mol. The number of benzene rings is 2. The van der Waals surface area contributed by atoms with Crippen LogP contribution in [0, 0.1) is 0 Å². The van der Waals surface area contributed by atoms with Crippen LogP contribution in [0.3, 0.4) is 0 Å². The molecule has 0 fully saturated rings. The molecule has 3 rings (SSSR count). The maximum absolute atomic E-state index is 12.1. The smallest absolute Gasteiger partial charge is 0.323 e. The standard InChI is InChI=1S/C19H17N5O4/c1-27-24-18(25)16-11-17(21-12-20-16)28-15-9-5-8-14(10-15)23-19(26)22-13-6-3-2-4-7-13/h2-12H,1H3,(H,24,25)(H2,22,23,26). The van der Waals surface area contributed by atoms with Crippen molar-refractivity contribution in [3.8, 4) is 11.6 Å². The minimum Gasteiger partial charge on any atom is -0.439 e. The van der Waals surface area contributed by atoms with E-state index in [0.29, 0.717) is 17.1 Å². The summed E-state index contributed by atoms with van der Waals surface area (Å²) in [5.41, 5.74) is 3.45. The molecule has 0 aliphatic carbocycles. The SMILES string of the molecule is CONC(=O)c1cc(Oc2cccc(NC(=O)Nc3ccccc3)c2)ncn1. The molecule has 0 radical (unpaired) electrons. The molecule has 3 amide bonds. The summed E-state index contributed by atoms with van der Waals surface area (Å²) >= 11 is 0. The number of hydrogen-bond donors (Lipinski definition) is 3. The van der Waals surface area contributed by atoms with Crippen LogP contribution in [-0.4, -0.2) is 29.0 Å². The summed E-state index contributed by atoms with van der Waals surface area (Å²) in [6.07, 6.45) is 1.20. The molecule has 1 heterocycles. The van der Waals surface area contributed by atoms with Gasteiger partial charge >= 0.3 is 6.03 Å². The van der Waals surface area contributed by atoms with Crippen LogP contribution in [0.15, 0.2) is 67.0 Å². The maximum atomic E-state index is 12.1. The predicted octanol–water partition coefficient (Wildman–Crippen LogP) is 3.20. The van der Waals surface area contributed by atoms with E-state index in [1.807, 2.05) is 18.2 Å². The van der Waals surface area contributed by atoms with E-state index in [-0.39, 0.29) is 17.6 Å². The van der Waals surface area contributed by atoms with E-state index in [1.165, 1.54) is 19.5 Å². The zero-order chi connectivity index (χ0) is 19.8. The topological polar surface area (TPSA) is 114 Å². The number of hydroxylamine groups is 1. The van der Waals surface area contributed by atoms with Gasteiger partial charge in [-0.2, -0.15) is 0 Å². The first-order chi connectivity index (χ1) is 13.6. The molecular formula is C19H17N5O4. The third kappa shape index (κ3) is 5.26. The maximum Gasteiger partial charge on any atom is 0.323 e. The molecule has 0 saturated carbocycles. The average Bonchev–Trinajstić information content (AvgIpc) is 2.69. The van der Waals surface area contributed by atoms with E-state index in [4.69, 9.17) is 4.74 Å². The van der Waals surface area contributed by atoms with E-state index >= 15 is 0 Å². The summed E-state index contributed by atoms with van der Waals surface area (Å²) < 4.78 is 5.64. The van der Waals surface area contributed by atoms with Gasteiger partial charge in [-0.15, -0.1) is 0 Å². The third-order valence-corrected chi connectivity index (χ3v) is 3.42. The van der Waals surface area contributed by atoms with E-state index in [9.17, 15) is 9.59 Å². The highest BCUT2D eigenvalue weighted by Gasteiger charge is 2.10. The fourth-order valence-electron chi connectivity index (χ4n) is 2.24. The second-order valence-corrected chi connectivity index (χ2v) is 5.45. The molecule has 0 atom stereocenters. The van der Waals surface area contributed by atoms with Crippen molar-refractivity contribution in [3.63, 3.8) is 0 Å². The van der Waals surface area contributed by atoms with Crippen LogP contribution < -0.4 is 20.9 Å². The van der Waals surface area contributed by atoms with Crippen LogP contribution in [0.25, 0.3) is 0 Å². The first kappa shape index (κ1) is 18.8. The summed E-state index contributed by atoms with van der Waals surface area (Å²) in [5.74, 6) is 0.0687. The van der Waals surface area contributed by atoms with E-state index in [0.717, 1.165) is 0 Å². The van der Waals surface area contributed by atoms with Gasteiger partial charge in [-0.1, -0.05) is 24.3 Å². The highest BCUT2D eigenvalue weighted by molar-refractivity contribution is 5.99. The van der Waals surface area contributed by atoms with Gasteiger partial charge in [0.05, 0.1) is 7.11 Å². The van der Waals surface area contributed by atoms with Gasteiger partial charge in [0.2, 0.25) is 5.88 Å². The summed E-state index contributed by atoms with van der Waals surface area (Å²) in [5, 5.41) is 5.44. The van der Waals surface area contributed by atoms with Crippen LogP contribution in [0.2, 0.25) is 0 Å². The zero-order valence-corrected chi connectivity index (χ0v) is 14.9. The first-order valence-electron chi connectivity index (χ1n) is 8.20. The molecule has 1 aromatic heterocycles. The van der Waals surface area contributed by atoms with Gasteiger partial charge in [-0.3, -0.25) is 9.63 Å². The van der Waals surface area contributed by atoms with Crippen LogP contribution in [0.4, 0.5) is 16.2 Å². The zero-order valence-electron chi connectivity index (χ0n) is 14.9. The van der Waals surface area contributed by atoms with Crippen molar-refractivity contribution in [2.45, 2.75) is 0 Å². The molecule has 9 nitrogen and oxygen atoms in total. The fraction of sp³-hybridized carbons (Fsp3) is 0.0526. The molecule has 0 spiro atoms. The lowest BCUT2D eigenvalue weighted by atomic mass is 10.3. The van der Waals surface area contributed by atoms with Crippen LogP contribution in [0.1, 0.15) is 10.5 Å². The number of carbonyl (C=O) groups excluding carboxylic acids is 2. The number of ether oxygens (including phenoxy) is 1. The third-order valence-electron chi connectivity index (χ3n) is 3.42. The lowest BCUT2D eigenvalue weighted by Gasteiger charge is -2.10. The van der Waals surface area contributed by atoms with Gasteiger partial charge in [0, 0.05) is 23.5 Å². The molecule has 0 unspecified atom stereocenters. The van der Waals surface area contributed by atoms with Crippen molar-refractivity contribution < 1.29 is 19.2 Å². The van der Waals surface area contributed by atoms with Crippen molar-refractivity contribution in [1.29, 1.82) is 0 Å². The number of carbonyl (C=O) groups is 2. The predicted molar refractivity (Wildman–Crippen MR) is 102 cm³/mol. The second-order valence-electron chi connectivity index (χ2n) is 5.45. The van der Waals surface area contributed by atoms with Gasteiger partial charge < -0.3 is 15.4 Å². The fourth-order valence-corrected chi connectivity index (χ4v) is 2.24. The Bertz CT molecular complexity index is 965. The molecule has 0 bridgehead atoms. The molecule has 3 N–H and O–H groups in total. The second kappa shape index (κ2) is 9.10. The summed E-state index contributed by atoms with van der Waals surface area (Å²) in [4.78, 5) is 36.2. The number of hydrogen-bond acceptors (Lipinski definition) is 6. The number of urea groups is 1. The number of anilines is 2. The Kier molecular flexibility index (Phi) is 6.11. The van der Waals surface area contributed by atoms with Gasteiger partial charge in [-0.05, 0) is 24.3 Å². The van der Waals surface area contributed by atoms with Gasteiger partial charge in [0.15, 0.2) is 0 Å². The van der Waals surface area contributed by atoms with Crippen molar-refractivity contribution >= 4 is 23.3 Å². The lowest BCUT2D eigenvalue weighted by molar-refractivity contribution is 0.0532. The number of para-hydroxylation sites is 1. The summed E-state index contributed by atoms with van der Waals surface area (Å²) in [6.45, 7) is 0. The Morgan fingerprint density at radius 2 is 1.64 bits per heavy atom. The van der Waals surface area contributed by atoms with Gasteiger partial charge in [-0.25, -0.2) is 20.2 Å². The summed E-state index contributed by atoms with van der Waals surface area (Å²) in [7, 11) is 1.32. The molecule has 142 valence electrons.